The summed E-state index contributed by atoms with van der Waals surface area (Å²) in [7, 11) is 5.93. The highest BCUT2D eigenvalue weighted by atomic mass is 127. The number of rotatable bonds is 7. The number of aromatic nitrogens is 1. The van der Waals surface area contributed by atoms with E-state index >= 15 is 0 Å². The molecule has 0 amide bonds. The van der Waals surface area contributed by atoms with Crippen molar-refractivity contribution in [3.05, 3.63) is 65.9 Å². The van der Waals surface area contributed by atoms with Crippen molar-refractivity contribution in [3.8, 4) is 0 Å². The SMILES string of the molecule is CN=C(NCCc1ccc(N(C)C)cc1)NCCc1c[nH]c2ccccc12.I. The molecule has 0 aliphatic heterocycles. The number of nitrogens with zero attached hydrogens (tertiary/aromatic N) is 2. The molecular formula is C22H30IN5. The van der Waals surface area contributed by atoms with E-state index in [1.54, 1.807) is 0 Å². The molecule has 2 aromatic carbocycles. The molecule has 0 aliphatic rings. The van der Waals surface area contributed by atoms with Crippen molar-refractivity contribution in [3.63, 3.8) is 0 Å². The van der Waals surface area contributed by atoms with Crippen LogP contribution in [0.3, 0.4) is 0 Å². The molecule has 0 saturated heterocycles. The van der Waals surface area contributed by atoms with Crippen LogP contribution in [0.5, 0.6) is 0 Å². The maximum atomic E-state index is 4.32. The summed E-state index contributed by atoms with van der Waals surface area (Å²) >= 11 is 0. The van der Waals surface area contributed by atoms with Gasteiger partial charge in [-0.3, -0.25) is 4.99 Å². The lowest BCUT2D eigenvalue weighted by molar-refractivity contribution is 0.785. The molecule has 0 radical (unpaired) electrons. The molecule has 1 heterocycles. The van der Waals surface area contributed by atoms with Crippen molar-refractivity contribution in [2.45, 2.75) is 12.8 Å². The zero-order chi connectivity index (χ0) is 19.1. The average molecular weight is 491 g/mol. The van der Waals surface area contributed by atoms with Crippen LogP contribution in [0.1, 0.15) is 11.1 Å². The number of aliphatic imine (C=N–C) groups is 1. The van der Waals surface area contributed by atoms with Crippen LogP contribution in [0, 0.1) is 0 Å². The van der Waals surface area contributed by atoms with E-state index in [2.05, 4.69) is 94.3 Å². The van der Waals surface area contributed by atoms with Crippen LogP contribution < -0.4 is 15.5 Å². The maximum Gasteiger partial charge on any atom is 0.190 e. The number of hydrogen-bond donors (Lipinski definition) is 3. The molecule has 6 heteroatoms. The third-order valence-electron chi connectivity index (χ3n) is 4.74. The van der Waals surface area contributed by atoms with Crippen LogP contribution in [0.4, 0.5) is 5.69 Å². The summed E-state index contributed by atoms with van der Waals surface area (Å²) in [6.07, 6.45) is 4.02. The van der Waals surface area contributed by atoms with Crippen molar-refractivity contribution >= 4 is 46.5 Å². The fourth-order valence-corrected chi connectivity index (χ4v) is 3.16. The lowest BCUT2D eigenvalue weighted by Gasteiger charge is -2.14. The number of guanidine groups is 1. The van der Waals surface area contributed by atoms with E-state index in [4.69, 9.17) is 0 Å². The summed E-state index contributed by atoms with van der Waals surface area (Å²) in [5.74, 6) is 0.847. The first-order valence-corrected chi connectivity index (χ1v) is 9.43. The number of aromatic amines is 1. The van der Waals surface area contributed by atoms with Crippen LogP contribution in [0.2, 0.25) is 0 Å². The standard InChI is InChI=1S/C22H29N5.HI/c1-23-22(24-14-12-17-8-10-19(11-9-17)27(2)3)25-15-13-18-16-26-21-7-5-4-6-20(18)21;/h4-11,16,26H,12-15H2,1-3H3,(H2,23,24,25);1H. The van der Waals surface area contributed by atoms with Crippen LogP contribution in [-0.2, 0) is 12.8 Å². The van der Waals surface area contributed by atoms with Gasteiger partial charge in [0.05, 0.1) is 0 Å². The number of anilines is 1. The monoisotopic (exact) mass is 491 g/mol. The topological polar surface area (TPSA) is 55.5 Å². The molecule has 0 unspecified atom stereocenters. The Labute approximate surface area is 184 Å². The van der Waals surface area contributed by atoms with E-state index in [0.29, 0.717) is 0 Å². The molecule has 3 rings (SSSR count). The Balaban J connectivity index is 0.00000280. The van der Waals surface area contributed by atoms with E-state index in [1.807, 2.05) is 7.05 Å². The smallest absolute Gasteiger partial charge is 0.190 e. The van der Waals surface area contributed by atoms with Gasteiger partial charge in [-0.1, -0.05) is 30.3 Å². The minimum Gasteiger partial charge on any atom is -0.378 e. The van der Waals surface area contributed by atoms with Gasteiger partial charge >= 0.3 is 0 Å². The van der Waals surface area contributed by atoms with Crippen LogP contribution in [0.15, 0.2) is 59.7 Å². The van der Waals surface area contributed by atoms with Crippen molar-refractivity contribution < 1.29 is 0 Å². The normalized spacial score (nSPS) is 11.2. The van der Waals surface area contributed by atoms with E-state index in [1.165, 1.54) is 27.7 Å². The fraction of sp³-hybridized carbons (Fsp3) is 0.318. The summed E-state index contributed by atoms with van der Waals surface area (Å²) in [4.78, 5) is 9.76. The lowest BCUT2D eigenvalue weighted by Crippen LogP contribution is -2.39. The summed E-state index contributed by atoms with van der Waals surface area (Å²) < 4.78 is 0. The molecule has 0 spiro atoms. The first kappa shape index (κ1) is 22.1. The van der Waals surface area contributed by atoms with Crippen LogP contribution >= 0.6 is 24.0 Å². The van der Waals surface area contributed by atoms with Gasteiger partial charge in [0, 0.05) is 57.0 Å². The molecule has 3 N–H and O–H groups in total. The Morgan fingerprint density at radius 2 is 1.64 bits per heavy atom. The number of benzene rings is 2. The van der Waals surface area contributed by atoms with Gasteiger partial charge in [-0.05, 0) is 42.2 Å². The van der Waals surface area contributed by atoms with Gasteiger partial charge in [-0.25, -0.2) is 0 Å². The molecule has 1 aromatic heterocycles. The van der Waals surface area contributed by atoms with E-state index in [9.17, 15) is 0 Å². The van der Waals surface area contributed by atoms with E-state index < -0.39 is 0 Å². The minimum absolute atomic E-state index is 0. The van der Waals surface area contributed by atoms with Gasteiger partial charge in [-0.15, -0.1) is 24.0 Å². The van der Waals surface area contributed by atoms with Crippen LogP contribution in [0.25, 0.3) is 10.9 Å². The van der Waals surface area contributed by atoms with Crippen LogP contribution in [-0.4, -0.2) is 45.2 Å². The Bertz CT molecular complexity index is 883. The highest BCUT2D eigenvalue weighted by molar-refractivity contribution is 14.0. The second-order valence-electron chi connectivity index (χ2n) is 6.85. The number of hydrogen-bond acceptors (Lipinski definition) is 2. The first-order valence-electron chi connectivity index (χ1n) is 9.43. The average Bonchev–Trinajstić information content (AvgIpc) is 3.10. The molecular weight excluding hydrogens is 461 g/mol. The summed E-state index contributed by atoms with van der Waals surface area (Å²) in [5, 5.41) is 8.09. The predicted octanol–water partition coefficient (Wildman–Crippen LogP) is 3.80. The predicted molar refractivity (Wildman–Crippen MR) is 131 cm³/mol. The third-order valence-corrected chi connectivity index (χ3v) is 4.74. The van der Waals surface area contributed by atoms with Gasteiger partial charge in [0.15, 0.2) is 5.96 Å². The van der Waals surface area contributed by atoms with Gasteiger partial charge in [-0.2, -0.15) is 0 Å². The van der Waals surface area contributed by atoms with Crippen molar-refractivity contribution in [2.24, 2.45) is 4.99 Å². The number of nitrogens with one attached hydrogen (secondary N) is 3. The zero-order valence-electron chi connectivity index (χ0n) is 16.8. The molecule has 150 valence electrons. The summed E-state index contributed by atoms with van der Waals surface area (Å²) in [6, 6.07) is 17.1. The fourth-order valence-electron chi connectivity index (χ4n) is 3.16. The number of fused-ring (bicyclic) bond motifs is 1. The second kappa shape index (κ2) is 10.9. The largest absolute Gasteiger partial charge is 0.378 e. The molecule has 0 aliphatic carbocycles. The number of para-hydroxylation sites is 1. The van der Waals surface area contributed by atoms with Gasteiger partial charge in [0.2, 0.25) is 0 Å². The Hall–Kier alpha value is -2.22. The number of halogens is 1. The van der Waals surface area contributed by atoms with Crippen molar-refractivity contribution in [2.75, 3.05) is 39.1 Å². The minimum atomic E-state index is 0. The highest BCUT2D eigenvalue weighted by Gasteiger charge is 2.04. The Kier molecular flexibility index (Phi) is 8.63. The molecule has 3 aromatic rings. The van der Waals surface area contributed by atoms with Gasteiger partial charge in [0.25, 0.3) is 0 Å². The maximum absolute atomic E-state index is 4.32. The van der Waals surface area contributed by atoms with Gasteiger partial charge < -0.3 is 20.5 Å². The molecule has 0 bridgehead atoms. The van der Waals surface area contributed by atoms with E-state index in [0.717, 1.165) is 31.9 Å². The summed E-state index contributed by atoms with van der Waals surface area (Å²) in [5.41, 5.74) is 5.06. The highest BCUT2D eigenvalue weighted by Crippen LogP contribution is 2.17. The lowest BCUT2D eigenvalue weighted by atomic mass is 10.1. The summed E-state index contributed by atoms with van der Waals surface area (Å²) in [6.45, 7) is 1.70. The molecule has 0 saturated carbocycles. The molecule has 5 nitrogen and oxygen atoms in total. The zero-order valence-corrected chi connectivity index (χ0v) is 19.2. The molecule has 28 heavy (non-hydrogen) atoms. The Morgan fingerprint density at radius 1 is 0.964 bits per heavy atom. The van der Waals surface area contributed by atoms with E-state index in [-0.39, 0.29) is 24.0 Å². The Morgan fingerprint density at radius 3 is 2.32 bits per heavy atom. The molecule has 0 fully saturated rings. The second-order valence-corrected chi connectivity index (χ2v) is 6.85. The molecule has 0 atom stereocenters. The number of H-pyrrole nitrogens is 1. The first-order chi connectivity index (χ1) is 13.2. The van der Waals surface area contributed by atoms with Crippen molar-refractivity contribution in [1.29, 1.82) is 0 Å². The van der Waals surface area contributed by atoms with Gasteiger partial charge in [0.1, 0.15) is 0 Å². The quantitative estimate of drug-likeness (QED) is 0.268. The third kappa shape index (κ3) is 5.89. The van der Waals surface area contributed by atoms with Crippen molar-refractivity contribution in [1.82, 2.24) is 15.6 Å².